The van der Waals surface area contributed by atoms with Crippen molar-refractivity contribution in [3.63, 3.8) is 0 Å². The lowest BCUT2D eigenvalue weighted by Crippen LogP contribution is -2.33. The third-order valence-electron chi connectivity index (χ3n) is 2.46. The third kappa shape index (κ3) is 4.03. The minimum absolute atomic E-state index is 0.115. The smallest absolute Gasteiger partial charge is 0.249 e. The maximum atomic E-state index is 11.5. The summed E-state index contributed by atoms with van der Waals surface area (Å²) >= 11 is 0. The Hall–Kier alpha value is -1.62. The molecule has 5 heteroatoms. The summed E-state index contributed by atoms with van der Waals surface area (Å²) in [7, 11) is 5.37. The summed E-state index contributed by atoms with van der Waals surface area (Å²) in [6.07, 6.45) is 1.31. The standard InChI is InChI=1S/C12H19N3O2/c1-9(17-4)12(16)14-8-10-5-6-13-11(7-10)15(2)3/h5-7,9H,8H2,1-4H3,(H,14,16). The fourth-order valence-electron chi connectivity index (χ4n) is 1.26. The minimum Gasteiger partial charge on any atom is -0.372 e. The van der Waals surface area contributed by atoms with Crippen LogP contribution in [-0.4, -0.2) is 38.2 Å². The summed E-state index contributed by atoms with van der Waals surface area (Å²) in [5.41, 5.74) is 1.01. The van der Waals surface area contributed by atoms with Gasteiger partial charge in [0.15, 0.2) is 0 Å². The fourth-order valence-corrected chi connectivity index (χ4v) is 1.26. The molecule has 1 unspecified atom stereocenters. The zero-order chi connectivity index (χ0) is 12.8. The Morgan fingerprint density at radius 1 is 1.59 bits per heavy atom. The highest BCUT2D eigenvalue weighted by Crippen LogP contribution is 2.09. The molecule has 0 saturated carbocycles. The monoisotopic (exact) mass is 237 g/mol. The zero-order valence-corrected chi connectivity index (χ0v) is 10.7. The minimum atomic E-state index is -0.426. The maximum absolute atomic E-state index is 11.5. The van der Waals surface area contributed by atoms with Crippen molar-refractivity contribution in [2.45, 2.75) is 19.6 Å². The van der Waals surface area contributed by atoms with Gasteiger partial charge in [0, 0.05) is 33.9 Å². The topological polar surface area (TPSA) is 54.5 Å². The number of amides is 1. The van der Waals surface area contributed by atoms with E-state index in [0.29, 0.717) is 6.54 Å². The first-order valence-electron chi connectivity index (χ1n) is 5.47. The van der Waals surface area contributed by atoms with Crippen LogP contribution in [0.2, 0.25) is 0 Å². The van der Waals surface area contributed by atoms with Gasteiger partial charge in [-0.2, -0.15) is 0 Å². The molecule has 1 aromatic heterocycles. The second-order valence-corrected chi connectivity index (χ2v) is 4.01. The van der Waals surface area contributed by atoms with Crippen molar-refractivity contribution in [2.24, 2.45) is 0 Å². The predicted molar refractivity (Wildman–Crippen MR) is 66.9 cm³/mol. The Labute approximate surface area is 102 Å². The Morgan fingerprint density at radius 3 is 2.88 bits per heavy atom. The summed E-state index contributed by atoms with van der Waals surface area (Å²) < 4.78 is 4.93. The summed E-state index contributed by atoms with van der Waals surface area (Å²) in [5.74, 6) is 0.757. The first-order valence-corrected chi connectivity index (χ1v) is 5.47. The van der Waals surface area contributed by atoms with Crippen molar-refractivity contribution < 1.29 is 9.53 Å². The zero-order valence-electron chi connectivity index (χ0n) is 10.7. The van der Waals surface area contributed by atoms with Gasteiger partial charge in [-0.05, 0) is 24.6 Å². The van der Waals surface area contributed by atoms with Gasteiger partial charge in [-0.25, -0.2) is 4.98 Å². The highest BCUT2D eigenvalue weighted by atomic mass is 16.5. The van der Waals surface area contributed by atoms with Gasteiger partial charge >= 0.3 is 0 Å². The van der Waals surface area contributed by atoms with Crippen LogP contribution in [0.5, 0.6) is 0 Å². The van der Waals surface area contributed by atoms with Gasteiger partial charge in [-0.1, -0.05) is 0 Å². The molecule has 94 valence electrons. The van der Waals surface area contributed by atoms with Crippen LogP contribution in [0.3, 0.4) is 0 Å². The molecule has 0 spiro atoms. The number of aromatic nitrogens is 1. The lowest BCUT2D eigenvalue weighted by atomic mass is 10.2. The van der Waals surface area contributed by atoms with Crippen molar-refractivity contribution in [2.75, 3.05) is 26.1 Å². The molecule has 0 saturated heterocycles. The Kier molecular flexibility index (Phi) is 4.90. The number of rotatable bonds is 5. The molecule has 17 heavy (non-hydrogen) atoms. The summed E-state index contributed by atoms with van der Waals surface area (Å²) in [5, 5.41) is 2.81. The number of anilines is 1. The Bertz CT molecular complexity index is 380. The number of carbonyl (C=O) groups is 1. The molecule has 5 nitrogen and oxygen atoms in total. The van der Waals surface area contributed by atoms with Crippen LogP contribution in [0.15, 0.2) is 18.3 Å². The molecule has 1 N–H and O–H groups in total. The summed E-state index contributed by atoms with van der Waals surface area (Å²) in [6.45, 7) is 2.20. The van der Waals surface area contributed by atoms with Gasteiger partial charge in [0.25, 0.3) is 0 Å². The van der Waals surface area contributed by atoms with E-state index in [1.54, 1.807) is 13.1 Å². The Morgan fingerprint density at radius 2 is 2.29 bits per heavy atom. The third-order valence-corrected chi connectivity index (χ3v) is 2.46. The van der Waals surface area contributed by atoms with Crippen LogP contribution in [0.4, 0.5) is 5.82 Å². The number of nitrogens with one attached hydrogen (secondary N) is 1. The SMILES string of the molecule is COC(C)C(=O)NCc1ccnc(N(C)C)c1. The number of pyridine rings is 1. The first-order chi connectivity index (χ1) is 8.04. The van der Waals surface area contributed by atoms with Crippen LogP contribution in [0, 0.1) is 0 Å². The van der Waals surface area contributed by atoms with E-state index in [9.17, 15) is 4.79 Å². The lowest BCUT2D eigenvalue weighted by Gasteiger charge is -2.13. The largest absolute Gasteiger partial charge is 0.372 e. The molecular formula is C12H19N3O2. The van der Waals surface area contributed by atoms with E-state index in [1.807, 2.05) is 31.1 Å². The molecular weight excluding hydrogens is 218 g/mol. The number of carbonyl (C=O) groups excluding carboxylic acids is 1. The highest BCUT2D eigenvalue weighted by molar-refractivity contribution is 5.80. The quantitative estimate of drug-likeness (QED) is 0.823. The van der Waals surface area contributed by atoms with Crippen molar-refractivity contribution in [1.29, 1.82) is 0 Å². The van der Waals surface area contributed by atoms with Gasteiger partial charge in [0.2, 0.25) is 5.91 Å². The fraction of sp³-hybridized carbons (Fsp3) is 0.500. The summed E-state index contributed by atoms with van der Waals surface area (Å²) in [6, 6.07) is 3.82. The molecule has 0 aromatic carbocycles. The van der Waals surface area contributed by atoms with E-state index in [4.69, 9.17) is 4.74 Å². The second-order valence-electron chi connectivity index (χ2n) is 4.01. The average Bonchev–Trinajstić information content (AvgIpc) is 2.35. The lowest BCUT2D eigenvalue weighted by molar-refractivity contribution is -0.130. The van der Waals surface area contributed by atoms with Crippen LogP contribution in [0.1, 0.15) is 12.5 Å². The van der Waals surface area contributed by atoms with Crippen molar-refractivity contribution in [1.82, 2.24) is 10.3 Å². The Balaban J connectivity index is 2.57. The molecule has 0 fully saturated rings. The van der Waals surface area contributed by atoms with Gasteiger partial charge in [-0.15, -0.1) is 0 Å². The first kappa shape index (κ1) is 13.4. The second kappa shape index (κ2) is 6.20. The maximum Gasteiger partial charge on any atom is 0.249 e. The molecule has 1 heterocycles. The predicted octanol–water partition coefficient (Wildman–Crippen LogP) is 0.799. The molecule has 0 bridgehead atoms. The van der Waals surface area contributed by atoms with Gasteiger partial charge < -0.3 is 15.0 Å². The average molecular weight is 237 g/mol. The molecule has 0 aliphatic rings. The molecule has 1 atom stereocenters. The molecule has 1 amide bonds. The van der Waals surface area contributed by atoms with E-state index in [2.05, 4.69) is 10.3 Å². The van der Waals surface area contributed by atoms with Crippen LogP contribution in [-0.2, 0) is 16.1 Å². The van der Waals surface area contributed by atoms with Gasteiger partial charge in [0.05, 0.1) is 0 Å². The van der Waals surface area contributed by atoms with Crippen LogP contribution < -0.4 is 10.2 Å². The van der Waals surface area contributed by atoms with Gasteiger partial charge in [-0.3, -0.25) is 4.79 Å². The number of hydrogen-bond donors (Lipinski definition) is 1. The molecule has 0 aliphatic carbocycles. The van der Waals surface area contributed by atoms with E-state index in [1.165, 1.54) is 7.11 Å². The number of ether oxygens (including phenoxy) is 1. The van der Waals surface area contributed by atoms with Crippen molar-refractivity contribution in [3.05, 3.63) is 23.9 Å². The van der Waals surface area contributed by atoms with E-state index < -0.39 is 6.10 Å². The summed E-state index contributed by atoms with van der Waals surface area (Å²) in [4.78, 5) is 17.6. The molecule has 1 aromatic rings. The van der Waals surface area contributed by atoms with Gasteiger partial charge in [0.1, 0.15) is 11.9 Å². The molecule has 0 aliphatic heterocycles. The molecule has 1 rings (SSSR count). The number of methoxy groups -OCH3 is 1. The number of hydrogen-bond acceptors (Lipinski definition) is 4. The van der Waals surface area contributed by atoms with E-state index >= 15 is 0 Å². The van der Waals surface area contributed by atoms with E-state index in [-0.39, 0.29) is 5.91 Å². The van der Waals surface area contributed by atoms with Crippen LogP contribution in [0.25, 0.3) is 0 Å². The molecule has 0 radical (unpaired) electrons. The number of nitrogens with zero attached hydrogens (tertiary/aromatic N) is 2. The van der Waals surface area contributed by atoms with Crippen molar-refractivity contribution >= 4 is 11.7 Å². The highest BCUT2D eigenvalue weighted by Gasteiger charge is 2.10. The van der Waals surface area contributed by atoms with Crippen molar-refractivity contribution in [3.8, 4) is 0 Å². The normalized spacial score (nSPS) is 12.0. The van der Waals surface area contributed by atoms with Crippen LogP contribution >= 0.6 is 0 Å². The van der Waals surface area contributed by atoms with E-state index in [0.717, 1.165) is 11.4 Å².